The molecule has 2 unspecified atom stereocenters. The molecule has 0 bridgehead atoms. The summed E-state index contributed by atoms with van der Waals surface area (Å²) < 4.78 is 0. The van der Waals surface area contributed by atoms with Crippen LogP contribution in [0.2, 0.25) is 0 Å². The second-order valence-electron chi connectivity index (χ2n) is 7.98. The molecule has 0 radical (unpaired) electrons. The molecule has 0 aliphatic heterocycles. The lowest BCUT2D eigenvalue weighted by Crippen LogP contribution is -2.17. The van der Waals surface area contributed by atoms with Gasteiger partial charge in [0.1, 0.15) is 0 Å². The van der Waals surface area contributed by atoms with Gasteiger partial charge in [0, 0.05) is 0 Å². The van der Waals surface area contributed by atoms with Crippen molar-refractivity contribution in [1.82, 2.24) is 0 Å². The van der Waals surface area contributed by atoms with Crippen molar-refractivity contribution in [1.29, 1.82) is 0 Å². The summed E-state index contributed by atoms with van der Waals surface area (Å²) >= 11 is 0. The third kappa shape index (κ3) is 16.2. The first-order valence-electron chi connectivity index (χ1n) is 11.6. The molecule has 0 aromatic rings. The minimum Gasteiger partial charge on any atom is -0.0776 e. The Balaban J connectivity index is -0.000000148. The van der Waals surface area contributed by atoms with Crippen molar-refractivity contribution >= 4 is 0 Å². The maximum absolute atomic E-state index is 2.39. The fourth-order valence-corrected chi connectivity index (χ4v) is 4.19. The smallest absolute Gasteiger partial charge is 0.0391 e. The molecule has 2 atom stereocenters. The zero-order valence-electron chi connectivity index (χ0n) is 19.0. The summed E-state index contributed by atoms with van der Waals surface area (Å²) in [5, 5.41) is 0. The summed E-state index contributed by atoms with van der Waals surface area (Å²) in [4.78, 5) is 0. The van der Waals surface area contributed by atoms with E-state index in [0.717, 1.165) is 29.6 Å². The fraction of sp³-hybridized carbons (Fsp3) is 1.00. The minimum absolute atomic E-state index is 0. The van der Waals surface area contributed by atoms with Crippen molar-refractivity contribution in [2.45, 2.75) is 141 Å². The average Bonchev–Trinajstić information content (AvgIpc) is 2.65. The molecule has 2 aliphatic rings. The van der Waals surface area contributed by atoms with Crippen LogP contribution < -0.4 is 0 Å². The van der Waals surface area contributed by atoms with Gasteiger partial charge in [-0.2, -0.15) is 0 Å². The zero-order valence-corrected chi connectivity index (χ0v) is 19.0. The lowest BCUT2D eigenvalue weighted by molar-refractivity contribution is 0.221. The number of hydrogen-bond donors (Lipinski definition) is 0. The highest BCUT2D eigenvalue weighted by Crippen LogP contribution is 2.34. The van der Waals surface area contributed by atoms with Crippen molar-refractivity contribution in [2.24, 2.45) is 29.6 Å². The van der Waals surface area contributed by atoms with E-state index in [-0.39, 0.29) is 14.9 Å². The molecule has 0 heterocycles. The van der Waals surface area contributed by atoms with Gasteiger partial charge in [0.2, 0.25) is 0 Å². The van der Waals surface area contributed by atoms with Crippen LogP contribution >= 0.6 is 0 Å². The topological polar surface area (TPSA) is 0 Å². The molecule has 0 heteroatoms. The van der Waals surface area contributed by atoms with E-state index in [0.29, 0.717) is 0 Å². The maximum Gasteiger partial charge on any atom is -0.0391 e. The van der Waals surface area contributed by atoms with Crippen LogP contribution in [0, 0.1) is 29.6 Å². The maximum atomic E-state index is 2.39. The Hall–Kier alpha value is 0. The van der Waals surface area contributed by atoms with Crippen LogP contribution in [0.15, 0.2) is 0 Å². The summed E-state index contributed by atoms with van der Waals surface area (Å²) in [6.07, 6.45) is 14.8. The second kappa shape index (κ2) is 23.0. The molecule has 2 fully saturated rings. The molecule has 0 aromatic carbocycles. The summed E-state index contributed by atoms with van der Waals surface area (Å²) in [6, 6.07) is 0. The summed E-state index contributed by atoms with van der Waals surface area (Å²) in [7, 11) is 0. The van der Waals surface area contributed by atoms with Gasteiger partial charge < -0.3 is 0 Å². The van der Waals surface area contributed by atoms with Gasteiger partial charge in [0.25, 0.3) is 0 Å². The van der Waals surface area contributed by atoms with E-state index in [2.05, 4.69) is 34.6 Å². The van der Waals surface area contributed by atoms with Crippen molar-refractivity contribution in [2.75, 3.05) is 0 Å². The van der Waals surface area contributed by atoms with Gasteiger partial charge in [-0.3, -0.25) is 0 Å². The highest BCUT2D eigenvalue weighted by Gasteiger charge is 2.21. The molecule has 0 amide bonds. The van der Waals surface area contributed by atoms with Crippen molar-refractivity contribution in [3.05, 3.63) is 0 Å². The average molecular weight is 373 g/mol. The molecule has 164 valence electrons. The van der Waals surface area contributed by atoms with Crippen LogP contribution in [0.3, 0.4) is 0 Å². The molecule has 0 aromatic heterocycles. The highest BCUT2D eigenvalue weighted by molar-refractivity contribution is 4.73. The fourth-order valence-electron chi connectivity index (χ4n) is 4.19. The molecular formula is C26H60. The molecule has 2 saturated carbocycles. The molecule has 0 saturated heterocycles. The Morgan fingerprint density at radius 3 is 1.46 bits per heavy atom. The third-order valence-corrected chi connectivity index (χ3v) is 6.03. The second-order valence-corrected chi connectivity index (χ2v) is 7.98. The van der Waals surface area contributed by atoms with Crippen LogP contribution in [-0.2, 0) is 0 Å². The van der Waals surface area contributed by atoms with E-state index in [9.17, 15) is 0 Å². The quantitative estimate of drug-likeness (QED) is 0.462. The van der Waals surface area contributed by atoms with Gasteiger partial charge >= 0.3 is 0 Å². The number of rotatable bonds is 3. The van der Waals surface area contributed by atoms with Crippen LogP contribution in [0.5, 0.6) is 0 Å². The van der Waals surface area contributed by atoms with Crippen molar-refractivity contribution in [3.8, 4) is 0 Å². The molecular weight excluding hydrogens is 312 g/mol. The molecule has 0 nitrogen and oxygen atoms in total. The van der Waals surface area contributed by atoms with Crippen molar-refractivity contribution in [3.63, 3.8) is 0 Å². The Kier molecular flexibility index (Phi) is 29.8. The van der Waals surface area contributed by atoms with E-state index in [4.69, 9.17) is 0 Å². The monoisotopic (exact) mass is 372 g/mol. The van der Waals surface area contributed by atoms with E-state index in [1.165, 1.54) is 64.2 Å². The molecule has 0 spiro atoms. The summed E-state index contributed by atoms with van der Waals surface area (Å²) in [5.41, 5.74) is 0. The van der Waals surface area contributed by atoms with Crippen molar-refractivity contribution < 1.29 is 0 Å². The largest absolute Gasteiger partial charge is 0.0776 e. The first kappa shape index (κ1) is 33.6. The standard InChI is InChI=1S/C11H22.C9H18.2C2H6.2CH4/c1-4-10-5-7-11(8-6-10)9(2)3;1-3-9-6-4-5-8(2)7-9;2*1-2;;/h9-11H,4-8H2,1-3H3;8-9H,3-7H2,1-2H3;2*1-2H3;2*1H4. The van der Waals surface area contributed by atoms with Gasteiger partial charge in [0.15, 0.2) is 0 Å². The first-order chi connectivity index (χ1) is 11.6. The Morgan fingerprint density at radius 1 is 0.692 bits per heavy atom. The predicted octanol–water partition coefficient (Wildman–Crippen LogP) is 10.4. The van der Waals surface area contributed by atoms with Gasteiger partial charge in [-0.25, -0.2) is 0 Å². The Labute approximate surface area is 171 Å². The third-order valence-electron chi connectivity index (χ3n) is 6.03. The van der Waals surface area contributed by atoms with Crippen LogP contribution in [0.25, 0.3) is 0 Å². The van der Waals surface area contributed by atoms with Gasteiger partial charge in [0.05, 0.1) is 0 Å². The number of hydrogen-bond acceptors (Lipinski definition) is 0. The van der Waals surface area contributed by atoms with E-state index in [1.54, 1.807) is 0 Å². The molecule has 2 aliphatic carbocycles. The lowest BCUT2D eigenvalue weighted by atomic mass is 9.76. The van der Waals surface area contributed by atoms with Gasteiger partial charge in [-0.15, -0.1) is 0 Å². The van der Waals surface area contributed by atoms with Gasteiger partial charge in [-0.1, -0.05) is 122 Å². The van der Waals surface area contributed by atoms with E-state index in [1.807, 2.05) is 27.7 Å². The van der Waals surface area contributed by atoms with Crippen LogP contribution in [-0.4, -0.2) is 0 Å². The van der Waals surface area contributed by atoms with E-state index >= 15 is 0 Å². The molecule has 26 heavy (non-hydrogen) atoms. The Bertz CT molecular complexity index is 222. The molecule has 0 N–H and O–H groups in total. The minimum atomic E-state index is 0. The predicted molar refractivity (Wildman–Crippen MR) is 128 cm³/mol. The summed E-state index contributed by atoms with van der Waals surface area (Å²) in [5.74, 6) is 5.10. The van der Waals surface area contributed by atoms with Crippen LogP contribution in [0.1, 0.15) is 141 Å². The lowest BCUT2D eigenvalue weighted by Gasteiger charge is -2.30. The highest BCUT2D eigenvalue weighted by atomic mass is 14.3. The zero-order chi connectivity index (χ0) is 19.0. The van der Waals surface area contributed by atoms with E-state index < -0.39 is 0 Å². The Morgan fingerprint density at radius 2 is 1.15 bits per heavy atom. The molecule has 2 rings (SSSR count). The van der Waals surface area contributed by atoms with Crippen LogP contribution in [0.4, 0.5) is 0 Å². The first-order valence-corrected chi connectivity index (χ1v) is 11.6. The SMILES string of the molecule is C.C.CC.CC.CCC1CCC(C(C)C)CC1.CCC1CCCC(C)C1. The summed E-state index contributed by atoms with van der Waals surface area (Å²) in [6.45, 7) is 19.8. The van der Waals surface area contributed by atoms with Gasteiger partial charge in [-0.05, 0) is 48.9 Å². The normalized spacial score (nSPS) is 27.0.